The van der Waals surface area contributed by atoms with Crippen molar-refractivity contribution >= 4 is 35.6 Å². The van der Waals surface area contributed by atoms with E-state index in [0.29, 0.717) is 22.6 Å². The van der Waals surface area contributed by atoms with E-state index in [1.54, 1.807) is 36.4 Å². The van der Waals surface area contributed by atoms with E-state index < -0.39 is 11.9 Å². The minimum Gasteiger partial charge on any atom is -0.496 e. The van der Waals surface area contributed by atoms with Crippen LogP contribution in [0, 0.1) is 0 Å². The topological polar surface area (TPSA) is 101 Å². The zero-order chi connectivity index (χ0) is 19.8. The van der Waals surface area contributed by atoms with E-state index in [-0.39, 0.29) is 17.1 Å². The predicted molar refractivity (Wildman–Crippen MR) is 104 cm³/mol. The predicted octanol–water partition coefficient (Wildman–Crippen LogP) is 3.61. The molecule has 0 saturated heterocycles. The molecule has 2 aromatic rings. The number of aromatic carboxylic acids is 1. The van der Waals surface area contributed by atoms with E-state index in [1.807, 2.05) is 0 Å². The molecule has 7 heteroatoms. The highest BCUT2D eigenvalue weighted by Gasteiger charge is 2.10. The highest BCUT2D eigenvalue weighted by Crippen LogP contribution is 2.25. The molecular formula is C20H18O6S. The molecule has 0 fully saturated rings. The Bertz CT molecular complexity index is 871. The summed E-state index contributed by atoms with van der Waals surface area (Å²) in [6.45, 7) is 0. The summed E-state index contributed by atoms with van der Waals surface area (Å²) in [4.78, 5) is 33.9. The minimum atomic E-state index is -1.01. The summed E-state index contributed by atoms with van der Waals surface area (Å²) < 4.78 is 5.26. The lowest BCUT2D eigenvalue weighted by molar-refractivity contribution is -0.133. The molecule has 2 aromatic carbocycles. The lowest BCUT2D eigenvalue weighted by Gasteiger charge is -2.09. The molecule has 0 aromatic heterocycles. The molecule has 2 rings (SSSR count). The second kappa shape index (κ2) is 9.59. The number of hydrogen-bond donors (Lipinski definition) is 2. The fraction of sp³-hybridized carbons (Fsp3) is 0.150. The Hall–Kier alpha value is -3.06. The van der Waals surface area contributed by atoms with E-state index >= 15 is 0 Å². The van der Waals surface area contributed by atoms with Gasteiger partial charge in [-0.15, -0.1) is 11.8 Å². The maximum Gasteiger partial charge on any atom is 0.335 e. The second-order valence-corrected chi connectivity index (χ2v) is 6.52. The average Bonchev–Trinajstić information content (AvgIpc) is 2.66. The first-order valence-corrected chi connectivity index (χ1v) is 9.08. The van der Waals surface area contributed by atoms with Crippen molar-refractivity contribution in [2.24, 2.45) is 0 Å². The fourth-order valence-electron chi connectivity index (χ4n) is 2.30. The van der Waals surface area contributed by atoms with Crippen LogP contribution in [0.3, 0.4) is 0 Å². The zero-order valence-corrected chi connectivity index (χ0v) is 15.4. The van der Waals surface area contributed by atoms with Crippen molar-refractivity contribution in [2.75, 3.05) is 12.9 Å². The van der Waals surface area contributed by atoms with Gasteiger partial charge in [0.2, 0.25) is 0 Å². The number of carbonyl (C=O) groups is 3. The number of carboxylic acid groups (broad SMARTS) is 2. The van der Waals surface area contributed by atoms with Crippen LogP contribution in [0.2, 0.25) is 0 Å². The van der Waals surface area contributed by atoms with Gasteiger partial charge in [0, 0.05) is 16.9 Å². The van der Waals surface area contributed by atoms with Crippen molar-refractivity contribution in [1.82, 2.24) is 0 Å². The molecule has 0 bridgehead atoms. The monoisotopic (exact) mass is 386 g/mol. The molecule has 0 atom stereocenters. The lowest BCUT2D eigenvalue weighted by atomic mass is 10.1. The number of benzene rings is 2. The number of rotatable bonds is 9. The molecule has 0 heterocycles. The van der Waals surface area contributed by atoms with Crippen LogP contribution in [0.4, 0.5) is 0 Å². The van der Waals surface area contributed by atoms with Gasteiger partial charge in [0.1, 0.15) is 5.75 Å². The number of ether oxygens (including phenoxy) is 1. The van der Waals surface area contributed by atoms with Gasteiger partial charge in [-0.1, -0.05) is 18.2 Å². The van der Waals surface area contributed by atoms with E-state index in [0.717, 1.165) is 5.56 Å². The molecule has 6 nitrogen and oxygen atoms in total. The van der Waals surface area contributed by atoms with Crippen LogP contribution >= 0.6 is 11.8 Å². The number of aliphatic carboxylic acids is 1. The van der Waals surface area contributed by atoms with Gasteiger partial charge in [0.15, 0.2) is 5.78 Å². The van der Waals surface area contributed by atoms with Gasteiger partial charge in [0.25, 0.3) is 0 Å². The number of hydrogen-bond acceptors (Lipinski definition) is 5. The number of thioether (sulfide) groups is 1. The maximum atomic E-state index is 12.4. The Labute approximate surface area is 160 Å². The van der Waals surface area contributed by atoms with Gasteiger partial charge in [-0.25, -0.2) is 4.79 Å². The molecule has 0 radical (unpaired) electrons. The summed E-state index contributed by atoms with van der Waals surface area (Å²) in [5.74, 6) is -1.15. The molecular weight excluding hydrogens is 368 g/mol. The van der Waals surface area contributed by atoms with Crippen molar-refractivity contribution in [3.05, 3.63) is 70.8 Å². The fourth-order valence-corrected chi connectivity index (χ4v) is 3.02. The second-order valence-electron chi connectivity index (χ2n) is 5.54. The number of carboxylic acids is 2. The highest BCUT2D eigenvalue weighted by molar-refractivity contribution is 7.99. The van der Waals surface area contributed by atoms with Gasteiger partial charge < -0.3 is 14.9 Å². The first-order valence-electron chi connectivity index (χ1n) is 7.93. The van der Waals surface area contributed by atoms with Crippen molar-refractivity contribution < 1.29 is 29.3 Å². The van der Waals surface area contributed by atoms with E-state index in [2.05, 4.69) is 0 Å². The maximum absolute atomic E-state index is 12.4. The molecule has 0 aliphatic rings. The normalized spacial score (nSPS) is 10.7. The van der Waals surface area contributed by atoms with Gasteiger partial charge in [0.05, 0.1) is 18.4 Å². The number of allylic oxidation sites excluding steroid dienone is 1. The molecule has 0 unspecified atom stereocenters. The van der Waals surface area contributed by atoms with E-state index in [9.17, 15) is 14.4 Å². The lowest BCUT2D eigenvalue weighted by Crippen LogP contribution is -2.01. The minimum absolute atomic E-state index is 0.0342. The Morgan fingerprint density at radius 1 is 1.04 bits per heavy atom. The standard InChI is InChI=1S/C20H18O6S/c1-26-18-9-7-15(10-16(18)11-27-12-19(22)23)17(21)8-4-13-2-5-14(6-3-13)20(24)25/h2-10H,11-12H2,1H3,(H,22,23)(H,24,25). The molecule has 0 spiro atoms. The van der Waals surface area contributed by atoms with Crippen LogP contribution in [0.15, 0.2) is 48.5 Å². The average molecular weight is 386 g/mol. The highest BCUT2D eigenvalue weighted by atomic mass is 32.2. The van der Waals surface area contributed by atoms with Crippen molar-refractivity contribution in [2.45, 2.75) is 5.75 Å². The quantitative estimate of drug-likeness (QED) is 0.501. The molecule has 0 aliphatic carbocycles. The van der Waals surface area contributed by atoms with Crippen LogP contribution in [-0.2, 0) is 10.5 Å². The summed E-state index contributed by atoms with van der Waals surface area (Å²) in [6, 6.07) is 11.2. The van der Waals surface area contributed by atoms with Crippen LogP contribution < -0.4 is 4.74 Å². The zero-order valence-electron chi connectivity index (χ0n) is 14.5. The molecule has 0 aliphatic heterocycles. The molecule has 27 heavy (non-hydrogen) atoms. The van der Waals surface area contributed by atoms with Crippen LogP contribution in [0.25, 0.3) is 6.08 Å². The summed E-state index contributed by atoms with van der Waals surface area (Å²) in [6.07, 6.45) is 3.02. The summed E-state index contributed by atoms with van der Waals surface area (Å²) in [5, 5.41) is 17.6. The summed E-state index contributed by atoms with van der Waals surface area (Å²) >= 11 is 1.22. The Balaban J connectivity index is 2.12. The number of carbonyl (C=O) groups excluding carboxylic acids is 1. The van der Waals surface area contributed by atoms with Gasteiger partial charge in [-0.2, -0.15) is 0 Å². The molecule has 0 saturated carbocycles. The third kappa shape index (κ3) is 6.00. The van der Waals surface area contributed by atoms with Crippen LogP contribution in [0.1, 0.15) is 31.8 Å². The first-order chi connectivity index (χ1) is 12.9. The smallest absolute Gasteiger partial charge is 0.335 e. The van der Waals surface area contributed by atoms with Crippen molar-refractivity contribution in [3.8, 4) is 5.75 Å². The first kappa shape index (κ1) is 20.3. The van der Waals surface area contributed by atoms with E-state index in [1.165, 1.54) is 37.1 Å². The van der Waals surface area contributed by atoms with E-state index in [4.69, 9.17) is 14.9 Å². The van der Waals surface area contributed by atoms with Gasteiger partial charge in [-0.05, 0) is 42.0 Å². The largest absolute Gasteiger partial charge is 0.496 e. The van der Waals surface area contributed by atoms with Crippen LogP contribution in [0.5, 0.6) is 5.75 Å². The van der Waals surface area contributed by atoms with Gasteiger partial charge >= 0.3 is 11.9 Å². The molecule has 2 N–H and O–H groups in total. The number of ketones is 1. The Morgan fingerprint density at radius 2 is 1.70 bits per heavy atom. The third-order valence-corrected chi connectivity index (χ3v) is 4.60. The van der Waals surface area contributed by atoms with Crippen molar-refractivity contribution in [1.29, 1.82) is 0 Å². The molecule has 140 valence electrons. The van der Waals surface area contributed by atoms with Gasteiger partial charge in [-0.3, -0.25) is 9.59 Å². The van der Waals surface area contributed by atoms with Crippen molar-refractivity contribution in [3.63, 3.8) is 0 Å². The third-order valence-electron chi connectivity index (χ3n) is 3.63. The summed E-state index contributed by atoms with van der Waals surface area (Å²) in [7, 11) is 1.52. The Morgan fingerprint density at radius 3 is 2.30 bits per heavy atom. The molecule has 0 amide bonds. The Kier molecular flexibility index (Phi) is 7.19. The van der Waals surface area contributed by atoms with Crippen LogP contribution in [-0.4, -0.2) is 40.8 Å². The number of methoxy groups -OCH3 is 1. The SMILES string of the molecule is COc1ccc(C(=O)C=Cc2ccc(C(=O)O)cc2)cc1CSCC(=O)O. The summed E-state index contributed by atoms with van der Waals surface area (Å²) in [5.41, 5.74) is 2.09.